The Hall–Kier alpha value is -0.810. The second-order valence-electron chi connectivity index (χ2n) is 2.36. The molecule has 0 aromatic carbocycles. The van der Waals surface area contributed by atoms with Crippen molar-refractivity contribution in [1.82, 2.24) is 5.32 Å². The highest BCUT2D eigenvalue weighted by atomic mass is 16.1. The Bertz CT molecular complexity index is 164. The van der Waals surface area contributed by atoms with Crippen LogP contribution < -0.4 is 5.32 Å². The summed E-state index contributed by atoms with van der Waals surface area (Å²) in [6.07, 6.45) is 1.90. The Morgan fingerprint density at radius 2 is 2.18 bits per heavy atom. The topological polar surface area (TPSA) is 29.1 Å². The number of Topliss-reactive ketones (excluding diaryl/α,β-unsaturated/α-hetero) is 1. The van der Waals surface area contributed by atoms with Crippen molar-refractivity contribution in [3.63, 3.8) is 0 Å². The van der Waals surface area contributed by atoms with Crippen LogP contribution in [0.3, 0.4) is 0 Å². The van der Waals surface area contributed by atoms with E-state index < -0.39 is 0 Å². The van der Waals surface area contributed by atoms with Crippen molar-refractivity contribution in [2.45, 2.75) is 26.7 Å². The zero-order chi connectivity index (χ0) is 8.53. The molecule has 0 aliphatic rings. The van der Waals surface area contributed by atoms with E-state index >= 15 is 0 Å². The first-order valence-corrected chi connectivity index (χ1v) is 3.97. The maximum absolute atomic E-state index is 10.3. The van der Waals surface area contributed by atoms with Crippen molar-refractivity contribution < 1.29 is 4.79 Å². The van der Waals surface area contributed by atoms with Crippen LogP contribution in [0, 0.1) is 11.8 Å². The Kier molecular flexibility index (Phi) is 6.76. The predicted molar refractivity (Wildman–Crippen MR) is 46.2 cm³/mol. The van der Waals surface area contributed by atoms with E-state index in [1.807, 2.05) is 0 Å². The van der Waals surface area contributed by atoms with Gasteiger partial charge in [0.05, 0.1) is 0 Å². The largest absolute Gasteiger partial charge is 0.316 e. The van der Waals surface area contributed by atoms with Crippen LogP contribution in [0.5, 0.6) is 0 Å². The molecule has 11 heavy (non-hydrogen) atoms. The van der Waals surface area contributed by atoms with E-state index in [0.29, 0.717) is 0 Å². The SMILES string of the molecule is CCCNCCC#CC(C)=O. The molecule has 0 saturated heterocycles. The molecule has 0 rings (SSSR count). The highest BCUT2D eigenvalue weighted by molar-refractivity contribution is 5.93. The first-order valence-electron chi connectivity index (χ1n) is 3.97. The van der Waals surface area contributed by atoms with Crippen molar-refractivity contribution in [2.24, 2.45) is 0 Å². The minimum absolute atomic E-state index is 0.0551. The van der Waals surface area contributed by atoms with Gasteiger partial charge in [0, 0.05) is 19.9 Å². The maximum atomic E-state index is 10.3. The van der Waals surface area contributed by atoms with Crippen LogP contribution in [0.15, 0.2) is 0 Å². The molecule has 0 amide bonds. The van der Waals surface area contributed by atoms with Gasteiger partial charge in [-0.15, -0.1) is 0 Å². The van der Waals surface area contributed by atoms with Crippen LogP contribution in [0.4, 0.5) is 0 Å². The number of hydrogen-bond acceptors (Lipinski definition) is 2. The van der Waals surface area contributed by atoms with Gasteiger partial charge in [-0.3, -0.25) is 4.79 Å². The number of nitrogens with one attached hydrogen (secondary N) is 1. The molecule has 0 aromatic heterocycles. The summed E-state index contributed by atoms with van der Waals surface area (Å²) in [5, 5.41) is 3.19. The molecular formula is C9H15NO. The Morgan fingerprint density at radius 3 is 2.73 bits per heavy atom. The van der Waals surface area contributed by atoms with Gasteiger partial charge in [-0.05, 0) is 18.9 Å². The molecule has 0 aliphatic carbocycles. The van der Waals surface area contributed by atoms with Crippen molar-refractivity contribution >= 4 is 5.78 Å². The fourth-order valence-electron chi connectivity index (χ4n) is 0.640. The monoisotopic (exact) mass is 153 g/mol. The lowest BCUT2D eigenvalue weighted by Gasteiger charge is -1.95. The predicted octanol–water partition coefficient (Wildman–Crippen LogP) is 0.968. The maximum Gasteiger partial charge on any atom is 0.202 e. The molecule has 62 valence electrons. The molecule has 0 radical (unpaired) electrons. The number of rotatable bonds is 4. The van der Waals surface area contributed by atoms with Gasteiger partial charge >= 0.3 is 0 Å². The van der Waals surface area contributed by atoms with E-state index in [9.17, 15) is 4.79 Å². The summed E-state index contributed by atoms with van der Waals surface area (Å²) in [6, 6.07) is 0. The summed E-state index contributed by atoms with van der Waals surface area (Å²) in [6.45, 7) is 5.51. The lowest BCUT2D eigenvalue weighted by Crippen LogP contribution is -2.15. The number of hydrogen-bond donors (Lipinski definition) is 1. The second-order valence-corrected chi connectivity index (χ2v) is 2.36. The summed E-state index contributed by atoms with van der Waals surface area (Å²) in [7, 11) is 0. The molecule has 0 saturated carbocycles. The first kappa shape index (κ1) is 10.2. The zero-order valence-electron chi connectivity index (χ0n) is 7.24. The third-order valence-corrected chi connectivity index (χ3v) is 1.12. The van der Waals surface area contributed by atoms with Crippen LogP contribution in [0.1, 0.15) is 26.7 Å². The molecule has 0 bridgehead atoms. The molecule has 0 aromatic rings. The molecule has 1 N–H and O–H groups in total. The summed E-state index contributed by atoms with van der Waals surface area (Å²) in [4.78, 5) is 10.3. The minimum Gasteiger partial charge on any atom is -0.316 e. The normalized spacial score (nSPS) is 8.55. The zero-order valence-corrected chi connectivity index (χ0v) is 7.24. The summed E-state index contributed by atoms with van der Waals surface area (Å²) in [5.41, 5.74) is 0. The van der Waals surface area contributed by atoms with Gasteiger partial charge in [-0.2, -0.15) is 0 Å². The first-order chi connectivity index (χ1) is 5.27. The average molecular weight is 153 g/mol. The van der Waals surface area contributed by atoms with Gasteiger partial charge in [0.25, 0.3) is 0 Å². The van der Waals surface area contributed by atoms with Gasteiger partial charge in [-0.25, -0.2) is 0 Å². The molecule has 2 heteroatoms. The average Bonchev–Trinajstić information content (AvgIpc) is 1.96. The van der Waals surface area contributed by atoms with Crippen LogP contribution in [-0.2, 0) is 4.79 Å². The molecule has 0 fully saturated rings. The Morgan fingerprint density at radius 1 is 1.45 bits per heavy atom. The summed E-state index contributed by atoms with van der Waals surface area (Å²) >= 11 is 0. The van der Waals surface area contributed by atoms with Gasteiger partial charge in [0.1, 0.15) is 0 Å². The van der Waals surface area contributed by atoms with Crippen molar-refractivity contribution in [3.8, 4) is 11.8 Å². The van der Waals surface area contributed by atoms with Crippen LogP contribution in [-0.4, -0.2) is 18.9 Å². The van der Waals surface area contributed by atoms with Crippen LogP contribution >= 0.6 is 0 Å². The molecule has 0 unspecified atom stereocenters. The third-order valence-electron chi connectivity index (χ3n) is 1.12. The smallest absolute Gasteiger partial charge is 0.202 e. The molecule has 0 atom stereocenters. The lowest BCUT2D eigenvalue weighted by molar-refractivity contribution is -0.111. The van der Waals surface area contributed by atoms with Gasteiger partial charge < -0.3 is 5.32 Å². The van der Waals surface area contributed by atoms with Crippen molar-refractivity contribution in [2.75, 3.05) is 13.1 Å². The fraction of sp³-hybridized carbons (Fsp3) is 0.667. The third kappa shape index (κ3) is 9.19. The highest BCUT2D eigenvalue weighted by Crippen LogP contribution is 1.74. The minimum atomic E-state index is -0.0551. The summed E-state index contributed by atoms with van der Waals surface area (Å²) < 4.78 is 0. The van der Waals surface area contributed by atoms with Crippen LogP contribution in [0.25, 0.3) is 0 Å². The lowest BCUT2D eigenvalue weighted by atomic mass is 10.3. The van der Waals surface area contributed by atoms with Gasteiger partial charge in [0.15, 0.2) is 0 Å². The quantitative estimate of drug-likeness (QED) is 0.370. The molecule has 0 spiro atoms. The second kappa shape index (κ2) is 7.30. The van der Waals surface area contributed by atoms with E-state index in [1.54, 1.807) is 0 Å². The number of carbonyl (C=O) groups is 1. The molecular weight excluding hydrogens is 138 g/mol. The number of ketones is 1. The van der Waals surface area contributed by atoms with Gasteiger partial charge in [0.2, 0.25) is 5.78 Å². The van der Waals surface area contributed by atoms with Gasteiger partial charge in [-0.1, -0.05) is 12.8 Å². The van der Waals surface area contributed by atoms with Crippen LogP contribution in [0.2, 0.25) is 0 Å². The van der Waals surface area contributed by atoms with Crippen molar-refractivity contribution in [1.29, 1.82) is 0 Å². The Labute approximate surface area is 68.4 Å². The number of carbonyl (C=O) groups excluding carboxylic acids is 1. The Balaban J connectivity index is 3.15. The van der Waals surface area contributed by atoms with E-state index in [1.165, 1.54) is 6.92 Å². The van der Waals surface area contributed by atoms with E-state index in [-0.39, 0.29) is 5.78 Å². The van der Waals surface area contributed by atoms with E-state index in [0.717, 1.165) is 25.9 Å². The molecule has 0 heterocycles. The van der Waals surface area contributed by atoms with Crippen molar-refractivity contribution in [3.05, 3.63) is 0 Å². The molecule has 2 nitrogen and oxygen atoms in total. The fourth-order valence-corrected chi connectivity index (χ4v) is 0.640. The highest BCUT2D eigenvalue weighted by Gasteiger charge is 1.82. The van der Waals surface area contributed by atoms with E-state index in [4.69, 9.17) is 0 Å². The standard InChI is InChI=1S/C9H15NO/c1-3-7-10-8-5-4-6-9(2)11/h10H,3,5,7-8H2,1-2H3. The summed E-state index contributed by atoms with van der Waals surface area (Å²) in [5.74, 6) is 5.22. The molecule has 0 aliphatic heterocycles. The van der Waals surface area contributed by atoms with E-state index in [2.05, 4.69) is 24.1 Å².